The van der Waals surface area contributed by atoms with Gasteiger partial charge in [0.15, 0.2) is 0 Å². The molecule has 0 aliphatic carbocycles. The smallest absolute Gasteiger partial charge is 0.338 e. The molecular formula is C21H22N2O4. The topological polar surface area (TPSA) is 84.5 Å². The van der Waals surface area contributed by atoms with Crippen molar-refractivity contribution >= 4 is 29.2 Å². The molecule has 27 heavy (non-hydrogen) atoms. The lowest BCUT2D eigenvalue weighted by atomic mass is 9.89. The van der Waals surface area contributed by atoms with Crippen LogP contribution in [0.15, 0.2) is 42.5 Å². The minimum atomic E-state index is -0.443. The van der Waals surface area contributed by atoms with Crippen molar-refractivity contribution in [2.24, 2.45) is 5.92 Å². The number of carbonyl (C=O) groups excluding carboxylic acids is 3. The van der Waals surface area contributed by atoms with Gasteiger partial charge in [-0.3, -0.25) is 9.59 Å². The summed E-state index contributed by atoms with van der Waals surface area (Å²) in [5.74, 6) is -0.911. The number of methoxy groups -OCH3 is 1. The highest BCUT2D eigenvalue weighted by Gasteiger charge is 2.26. The first-order chi connectivity index (χ1) is 13.0. The fraction of sp³-hybridized carbons (Fsp3) is 0.286. The Morgan fingerprint density at radius 1 is 1.19 bits per heavy atom. The average Bonchev–Trinajstić information content (AvgIpc) is 2.67. The van der Waals surface area contributed by atoms with Crippen molar-refractivity contribution in [2.75, 3.05) is 17.7 Å². The number of rotatable bonds is 5. The summed E-state index contributed by atoms with van der Waals surface area (Å²) in [7, 11) is 1.32. The van der Waals surface area contributed by atoms with E-state index < -0.39 is 5.97 Å². The minimum absolute atomic E-state index is 0.0506. The van der Waals surface area contributed by atoms with Crippen LogP contribution in [0.25, 0.3) is 0 Å². The van der Waals surface area contributed by atoms with E-state index in [1.165, 1.54) is 7.11 Å². The highest BCUT2D eigenvalue weighted by atomic mass is 16.5. The van der Waals surface area contributed by atoms with E-state index in [1.807, 2.05) is 24.3 Å². The van der Waals surface area contributed by atoms with Crippen LogP contribution in [0, 0.1) is 12.8 Å². The van der Waals surface area contributed by atoms with Crippen LogP contribution in [0.4, 0.5) is 11.4 Å². The van der Waals surface area contributed by atoms with Gasteiger partial charge in [-0.25, -0.2) is 4.79 Å². The van der Waals surface area contributed by atoms with Crippen LogP contribution in [-0.2, 0) is 20.7 Å². The molecule has 2 aromatic carbocycles. The first-order valence-corrected chi connectivity index (χ1v) is 8.86. The molecule has 0 aromatic heterocycles. The molecule has 1 aliphatic heterocycles. The number of benzene rings is 2. The van der Waals surface area contributed by atoms with Gasteiger partial charge < -0.3 is 15.4 Å². The van der Waals surface area contributed by atoms with Crippen molar-refractivity contribution in [1.82, 2.24) is 0 Å². The molecule has 6 heteroatoms. The number of hydrogen-bond donors (Lipinski definition) is 2. The number of hydrogen-bond acceptors (Lipinski definition) is 4. The molecule has 2 aromatic rings. The van der Waals surface area contributed by atoms with Gasteiger partial charge in [0.05, 0.1) is 12.7 Å². The highest BCUT2D eigenvalue weighted by molar-refractivity contribution is 5.98. The molecule has 2 amide bonds. The van der Waals surface area contributed by atoms with Crippen molar-refractivity contribution in [3.63, 3.8) is 0 Å². The van der Waals surface area contributed by atoms with Crippen molar-refractivity contribution in [3.8, 4) is 0 Å². The quantitative estimate of drug-likeness (QED) is 0.795. The molecule has 0 fully saturated rings. The van der Waals surface area contributed by atoms with E-state index in [4.69, 9.17) is 4.74 Å². The Kier molecular flexibility index (Phi) is 5.54. The lowest BCUT2D eigenvalue weighted by Crippen LogP contribution is -2.30. The Morgan fingerprint density at radius 3 is 2.74 bits per heavy atom. The van der Waals surface area contributed by atoms with Crippen LogP contribution in [0.5, 0.6) is 0 Å². The Morgan fingerprint density at radius 2 is 1.96 bits per heavy atom. The molecule has 2 N–H and O–H groups in total. The van der Waals surface area contributed by atoms with Gasteiger partial charge in [0, 0.05) is 23.7 Å². The maximum atomic E-state index is 12.4. The number of esters is 1. The van der Waals surface area contributed by atoms with Gasteiger partial charge in [0.2, 0.25) is 11.8 Å². The van der Waals surface area contributed by atoms with Gasteiger partial charge in [0.1, 0.15) is 0 Å². The molecule has 1 heterocycles. The number of para-hydroxylation sites is 1. The van der Waals surface area contributed by atoms with E-state index in [0.29, 0.717) is 29.7 Å². The van der Waals surface area contributed by atoms with Crippen LogP contribution < -0.4 is 10.6 Å². The van der Waals surface area contributed by atoms with E-state index in [1.54, 1.807) is 25.1 Å². The van der Waals surface area contributed by atoms with Gasteiger partial charge >= 0.3 is 5.97 Å². The Bertz CT molecular complexity index is 892. The molecule has 0 saturated heterocycles. The summed E-state index contributed by atoms with van der Waals surface area (Å²) in [6.07, 6.45) is 1.32. The molecule has 0 spiro atoms. The molecule has 140 valence electrons. The van der Waals surface area contributed by atoms with E-state index in [0.717, 1.165) is 11.3 Å². The Hall–Kier alpha value is -3.15. The SMILES string of the molecule is COC(=O)c1cccc(NC(=O)CCC2Cc3ccccc3NC2=O)c1C. The fourth-order valence-corrected chi connectivity index (χ4v) is 3.27. The lowest BCUT2D eigenvalue weighted by molar-refractivity contribution is -0.121. The Balaban J connectivity index is 1.61. The number of fused-ring (bicyclic) bond motifs is 1. The van der Waals surface area contributed by atoms with Crippen LogP contribution in [0.2, 0.25) is 0 Å². The molecule has 6 nitrogen and oxygen atoms in total. The van der Waals surface area contributed by atoms with Gasteiger partial charge in [-0.15, -0.1) is 0 Å². The second kappa shape index (κ2) is 8.03. The van der Waals surface area contributed by atoms with Gasteiger partial charge in [-0.2, -0.15) is 0 Å². The molecule has 3 rings (SSSR count). The van der Waals surface area contributed by atoms with Crippen molar-refractivity contribution in [1.29, 1.82) is 0 Å². The van der Waals surface area contributed by atoms with Crippen molar-refractivity contribution in [2.45, 2.75) is 26.2 Å². The van der Waals surface area contributed by atoms with Crippen LogP contribution in [0.3, 0.4) is 0 Å². The lowest BCUT2D eigenvalue weighted by Gasteiger charge is -2.24. The third-order valence-corrected chi connectivity index (χ3v) is 4.85. The first-order valence-electron chi connectivity index (χ1n) is 8.86. The van der Waals surface area contributed by atoms with E-state index >= 15 is 0 Å². The molecule has 0 radical (unpaired) electrons. The van der Waals surface area contributed by atoms with E-state index in [9.17, 15) is 14.4 Å². The summed E-state index contributed by atoms with van der Waals surface area (Å²) in [5.41, 5.74) is 3.57. The molecule has 1 atom stereocenters. The number of amides is 2. The predicted octanol–water partition coefficient (Wildman–Crippen LogP) is 3.31. The summed E-state index contributed by atoms with van der Waals surface area (Å²) >= 11 is 0. The van der Waals surface area contributed by atoms with E-state index in [2.05, 4.69) is 10.6 Å². The third-order valence-electron chi connectivity index (χ3n) is 4.85. The predicted molar refractivity (Wildman–Crippen MR) is 103 cm³/mol. The van der Waals surface area contributed by atoms with E-state index in [-0.39, 0.29) is 24.2 Å². The summed E-state index contributed by atoms with van der Waals surface area (Å²) in [4.78, 5) is 36.4. The van der Waals surface area contributed by atoms with Crippen LogP contribution in [0.1, 0.15) is 34.3 Å². The summed E-state index contributed by atoms with van der Waals surface area (Å²) in [5, 5.41) is 5.72. The second-order valence-electron chi connectivity index (χ2n) is 6.60. The summed E-state index contributed by atoms with van der Waals surface area (Å²) < 4.78 is 4.75. The van der Waals surface area contributed by atoms with Gasteiger partial charge in [0.25, 0.3) is 0 Å². The maximum Gasteiger partial charge on any atom is 0.338 e. The third kappa shape index (κ3) is 4.16. The van der Waals surface area contributed by atoms with Crippen LogP contribution in [-0.4, -0.2) is 24.9 Å². The zero-order valence-electron chi connectivity index (χ0n) is 15.4. The normalized spacial score (nSPS) is 15.5. The number of carbonyl (C=O) groups is 3. The maximum absolute atomic E-state index is 12.4. The van der Waals surface area contributed by atoms with Crippen LogP contribution >= 0.6 is 0 Å². The standard InChI is InChI=1S/C21H22N2O4/c1-13-16(21(26)27-2)7-5-9-17(13)22-19(24)11-10-15-12-14-6-3-4-8-18(14)23-20(15)25/h3-9,15H,10-12H2,1-2H3,(H,22,24)(H,23,25). The molecule has 1 aliphatic rings. The van der Waals surface area contributed by atoms with Crippen molar-refractivity contribution in [3.05, 3.63) is 59.2 Å². The molecular weight excluding hydrogens is 344 g/mol. The molecule has 0 bridgehead atoms. The first kappa shape index (κ1) is 18.6. The Labute approximate surface area is 157 Å². The number of ether oxygens (including phenoxy) is 1. The van der Waals surface area contributed by atoms with Gasteiger partial charge in [-0.1, -0.05) is 24.3 Å². The van der Waals surface area contributed by atoms with Crippen molar-refractivity contribution < 1.29 is 19.1 Å². The molecule has 1 unspecified atom stereocenters. The summed E-state index contributed by atoms with van der Waals surface area (Å²) in [6, 6.07) is 12.8. The average molecular weight is 366 g/mol. The number of nitrogens with one attached hydrogen (secondary N) is 2. The molecule has 0 saturated carbocycles. The van der Waals surface area contributed by atoms with Gasteiger partial charge in [-0.05, 0) is 49.1 Å². The monoisotopic (exact) mass is 366 g/mol. The zero-order valence-corrected chi connectivity index (χ0v) is 15.4. The minimum Gasteiger partial charge on any atom is -0.465 e. The largest absolute Gasteiger partial charge is 0.465 e. The zero-order chi connectivity index (χ0) is 19.4. The fourth-order valence-electron chi connectivity index (χ4n) is 3.27. The second-order valence-corrected chi connectivity index (χ2v) is 6.60. The summed E-state index contributed by atoms with van der Waals surface area (Å²) in [6.45, 7) is 1.76. The number of anilines is 2. The highest BCUT2D eigenvalue weighted by Crippen LogP contribution is 2.28.